The number of likely N-dealkylation sites (N-methyl/N-ethyl adjacent to an activating group) is 1. The molecule has 0 radical (unpaired) electrons. The summed E-state index contributed by atoms with van der Waals surface area (Å²) < 4.78 is 0. The average molecular weight is 264 g/mol. The van der Waals surface area contributed by atoms with Crippen LogP contribution >= 0.6 is 0 Å². The topological polar surface area (TPSA) is 62.5 Å². The van der Waals surface area contributed by atoms with Crippen molar-refractivity contribution in [1.82, 2.24) is 14.8 Å². The molecule has 0 aliphatic rings. The van der Waals surface area contributed by atoms with E-state index in [9.17, 15) is 4.79 Å². The van der Waals surface area contributed by atoms with Crippen LogP contribution in [0.5, 0.6) is 0 Å². The molecule has 0 spiro atoms. The minimum atomic E-state index is 0.0573. The highest BCUT2D eigenvalue weighted by Crippen LogP contribution is 2.09. The van der Waals surface area contributed by atoms with E-state index in [2.05, 4.69) is 16.8 Å². The average Bonchev–Trinajstić information content (AvgIpc) is 2.43. The van der Waals surface area contributed by atoms with Gasteiger partial charge < -0.3 is 10.6 Å². The van der Waals surface area contributed by atoms with E-state index < -0.39 is 0 Å². The highest BCUT2D eigenvalue weighted by Gasteiger charge is 2.20. The molecule has 5 heteroatoms. The molecule has 1 rings (SSSR count). The Kier molecular flexibility index (Phi) is 6.45. The summed E-state index contributed by atoms with van der Waals surface area (Å²) in [6.45, 7) is 4.12. The number of hydrogen-bond donors (Lipinski definition) is 1. The number of carbonyl (C=O) groups excluding carboxylic acids is 1. The van der Waals surface area contributed by atoms with Crippen molar-refractivity contribution in [3.8, 4) is 0 Å². The first-order chi connectivity index (χ1) is 9.08. The number of nitrogens with zero attached hydrogens (tertiary/aromatic N) is 3. The van der Waals surface area contributed by atoms with Crippen LogP contribution in [-0.2, 0) is 11.3 Å². The zero-order valence-electron chi connectivity index (χ0n) is 12.0. The number of amides is 1. The molecule has 106 valence electrons. The molecule has 1 unspecified atom stereocenters. The summed E-state index contributed by atoms with van der Waals surface area (Å²) in [5.74, 6) is 0.106. The number of rotatable bonds is 7. The Hall–Kier alpha value is -1.46. The zero-order chi connectivity index (χ0) is 14.3. The van der Waals surface area contributed by atoms with Crippen LogP contribution in [0.15, 0.2) is 24.4 Å². The Morgan fingerprint density at radius 2 is 2.16 bits per heavy atom. The lowest BCUT2D eigenvalue weighted by Gasteiger charge is -2.29. The van der Waals surface area contributed by atoms with Gasteiger partial charge in [-0.2, -0.15) is 0 Å². The Labute approximate surface area is 115 Å². The number of pyridine rings is 1. The van der Waals surface area contributed by atoms with E-state index in [1.807, 2.05) is 18.2 Å². The SMILES string of the molecule is CCN(Cc1ccccn1)C(CN)CC(=O)N(C)C. The van der Waals surface area contributed by atoms with Crippen LogP contribution in [0, 0.1) is 0 Å². The smallest absolute Gasteiger partial charge is 0.223 e. The molecule has 2 N–H and O–H groups in total. The Morgan fingerprint density at radius 1 is 1.42 bits per heavy atom. The number of nitrogens with two attached hydrogens (primary N) is 1. The molecule has 0 saturated carbocycles. The van der Waals surface area contributed by atoms with Crippen molar-refractivity contribution in [2.24, 2.45) is 5.73 Å². The molecule has 1 amide bonds. The normalized spacial score (nSPS) is 12.5. The van der Waals surface area contributed by atoms with Crippen molar-refractivity contribution in [1.29, 1.82) is 0 Å². The van der Waals surface area contributed by atoms with Gasteiger partial charge in [0, 0.05) is 45.8 Å². The predicted octanol–water partition coefficient (Wildman–Crippen LogP) is 0.709. The summed E-state index contributed by atoms with van der Waals surface area (Å²) in [4.78, 5) is 19.9. The maximum atomic E-state index is 11.8. The first kappa shape index (κ1) is 15.6. The fraction of sp³-hybridized carbons (Fsp3) is 0.571. The Balaban J connectivity index is 2.67. The first-order valence-electron chi connectivity index (χ1n) is 6.62. The largest absolute Gasteiger partial charge is 0.349 e. The third-order valence-electron chi connectivity index (χ3n) is 3.19. The fourth-order valence-electron chi connectivity index (χ4n) is 1.94. The van der Waals surface area contributed by atoms with E-state index in [0.29, 0.717) is 13.0 Å². The maximum absolute atomic E-state index is 11.8. The third kappa shape index (κ3) is 4.96. The van der Waals surface area contributed by atoms with Crippen LogP contribution in [0.4, 0.5) is 0 Å². The van der Waals surface area contributed by atoms with Gasteiger partial charge in [-0.3, -0.25) is 14.7 Å². The molecule has 0 bridgehead atoms. The molecule has 0 fully saturated rings. The van der Waals surface area contributed by atoms with E-state index >= 15 is 0 Å². The number of hydrogen-bond acceptors (Lipinski definition) is 4. The molecule has 1 heterocycles. The van der Waals surface area contributed by atoms with Crippen LogP contribution in [0.2, 0.25) is 0 Å². The van der Waals surface area contributed by atoms with Crippen molar-refractivity contribution < 1.29 is 4.79 Å². The van der Waals surface area contributed by atoms with Gasteiger partial charge in [0.15, 0.2) is 0 Å². The van der Waals surface area contributed by atoms with Crippen molar-refractivity contribution in [3.05, 3.63) is 30.1 Å². The van der Waals surface area contributed by atoms with Crippen LogP contribution in [0.3, 0.4) is 0 Å². The van der Waals surface area contributed by atoms with Gasteiger partial charge in [-0.05, 0) is 18.7 Å². The lowest BCUT2D eigenvalue weighted by Crippen LogP contribution is -2.43. The molecule has 0 saturated heterocycles. The molecule has 5 nitrogen and oxygen atoms in total. The molecular formula is C14H24N4O. The Morgan fingerprint density at radius 3 is 2.63 bits per heavy atom. The van der Waals surface area contributed by atoms with Crippen molar-refractivity contribution in [2.75, 3.05) is 27.2 Å². The van der Waals surface area contributed by atoms with Crippen LogP contribution in [-0.4, -0.2) is 53.9 Å². The van der Waals surface area contributed by atoms with Gasteiger partial charge in [0.1, 0.15) is 0 Å². The molecule has 0 aliphatic heterocycles. The summed E-state index contributed by atoms with van der Waals surface area (Å²) in [5.41, 5.74) is 6.82. The third-order valence-corrected chi connectivity index (χ3v) is 3.19. The van der Waals surface area contributed by atoms with E-state index in [0.717, 1.165) is 18.8 Å². The molecule has 0 aromatic carbocycles. The van der Waals surface area contributed by atoms with Gasteiger partial charge in [0.05, 0.1) is 5.69 Å². The summed E-state index contributed by atoms with van der Waals surface area (Å²) in [5, 5.41) is 0. The minimum Gasteiger partial charge on any atom is -0.349 e. The van der Waals surface area contributed by atoms with E-state index in [-0.39, 0.29) is 11.9 Å². The van der Waals surface area contributed by atoms with Crippen LogP contribution in [0.1, 0.15) is 19.0 Å². The van der Waals surface area contributed by atoms with E-state index in [1.54, 1.807) is 25.2 Å². The van der Waals surface area contributed by atoms with E-state index in [4.69, 9.17) is 5.73 Å². The summed E-state index contributed by atoms with van der Waals surface area (Å²) in [7, 11) is 3.54. The molecule has 1 aromatic heterocycles. The van der Waals surface area contributed by atoms with Crippen molar-refractivity contribution >= 4 is 5.91 Å². The highest BCUT2D eigenvalue weighted by atomic mass is 16.2. The second-order valence-corrected chi connectivity index (χ2v) is 4.77. The van der Waals surface area contributed by atoms with Gasteiger partial charge in [0.2, 0.25) is 5.91 Å². The summed E-state index contributed by atoms with van der Waals surface area (Å²) in [6, 6.07) is 5.92. The van der Waals surface area contributed by atoms with Gasteiger partial charge in [-0.1, -0.05) is 13.0 Å². The minimum absolute atomic E-state index is 0.0573. The standard InChI is InChI=1S/C14H24N4O/c1-4-18(11-12-7-5-6-8-16-12)13(10-15)9-14(19)17(2)3/h5-8,13H,4,9-11,15H2,1-3H3. The van der Waals surface area contributed by atoms with Gasteiger partial charge in [0.25, 0.3) is 0 Å². The monoisotopic (exact) mass is 264 g/mol. The van der Waals surface area contributed by atoms with Crippen molar-refractivity contribution in [3.63, 3.8) is 0 Å². The molecule has 19 heavy (non-hydrogen) atoms. The molecular weight excluding hydrogens is 240 g/mol. The second kappa shape index (κ2) is 7.86. The summed E-state index contributed by atoms with van der Waals surface area (Å²) >= 11 is 0. The predicted molar refractivity (Wildman–Crippen MR) is 76.5 cm³/mol. The number of aromatic nitrogens is 1. The molecule has 0 aliphatic carbocycles. The molecule has 1 aromatic rings. The van der Waals surface area contributed by atoms with Gasteiger partial charge in [-0.25, -0.2) is 0 Å². The van der Waals surface area contributed by atoms with Gasteiger partial charge in [-0.15, -0.1) is 0 Å². The zero-order valence-corrected chi connectivity index (χ0v) is 12.0. The molecule has 1 atom stereocenters. The first-order valence-corrected chi connectivity index (χ1v) is 6.62. The van der Waals surface area contributed by atoms with Crippen LogP contribution in [0.25, 0.3) is 0 Å². The Bertz CT molecular complexity index is 380. The second-order valence-electron chi connectivity index (χ2n) is 4.77. The summed E-state index contributed by atoms with van der Waals surface area (Å²) in [6.07, 6.45) is 2.23. The van der Waals surface area contributed by atoms with E-state index in [1.165, 1.54) is 0 Å². The lowest BCUT2D eigenvalue weighted by molar-refractivity contribution is -0.130. The highest BCUT2D eigenvalue weighted by molar-refractivity contribution is 5.76. The van der Waals surface area contributed by atoms with Crippen LogP contribution < -0.4 is 5.73 Å². The maximum Gasteiger partial charge on any atom is 0.223 e. The number of carbonyl (C=O) groups is 1. The fourth-order valence-corrected chi connectivity index (χ4v) is 1.94. The van der Waals surface area contributed by atoms with Crippen molar-refractivity contribution in [2.45, 2.75) is 25.9 Å². The quantitative estimate of drug-likeness (QED) is 0.788. The van der Waals surface area contributed by atoms with Gasteiger partial charge >= 0.3 is 0 Å². The lowest BCUT2D eigenvalue weighted by atomic mass is 10.1.